The molecule has 0 heterocycles. The molecule has 4 aliphatic rings. The highest BCUT2D eigenvalue weighted by Crippen LogP contribution is 2.67. The van der Waals surface area contributed by atoms with Crippen molar-refractivity contribution in [1.82, 2.24) is 5.32 Å². The fourth-order valence-electron chi connectivity index (χ4n) is 8.51. The van der Waals surface area contributed by atoms with E-state index in [4.69, 9.17) is 16.0 Å². The van der Waals surface area contributed by atoms with Crippen molar-refractivity contribution in [1.29, 1.82) is 0 Å². The maximum Gasteiger partial charge on any atom is 0.328 e. The van der Waals surface area contributed by atoms with E-state index < -0.39 is 23.5 Å². The summed E-state index contributed by atoms with van der Waals surface area (Å²) in [6.07, 6.45) is 15.8. The zero-order chi connectivity index (χ0) is 29.4. The average Bonchev–Trinajstić information content (AvgIpc) is 3.24. The average molecular weight is 563 g/mol. The van der Waals surface area contributed by atoms with Crippen molar-refractivity contribution < 1.29 is 29.4 Å². The Labute approximate surface area is 242 Å². The molecule has 0 bridgehead atoms. The first-order valence-corrected chi connectivity index (χ1v) is 14.8. The lowest BCUT2D eigenvalue weighted by Crippen LogP contribution is -2.54. The molecule has 4 aliphatic carbocycles. The number of aliphatic hydroxyl groups is 1. The van der Waals surface area contributed by atoms with E-state index in [2.05, 4.69) is 36.3 Å². The largest absolute Gasteiger partial charge is 0.508 e. The highest BCUT2D eigenvalue weighted by atomic mass is 16.6. The summed E-state index contributed by atoms with van der Waals surface area (Å²) in [5.74, 6) is 3.45. The van der Waals surface area contributed by atoms with Gasteiger partial charge in [0.15, 0.2) is 6.61 Å². The van der Waals surface area contributed by atoms with Gasteiger partial charge >= 0.3 is 5.97 Å². The van der Waals surface area contributed by atoms with Crippen molar-refractivity contribution in [3.63, 3.8) is 0 Å². The number of nitrogens with one attached hydrogen (secondary N) is 1. The van der Waals surface area contributed by atoms with Crippen molar-refractivity contribution >= 4 is 17.6 Å². The van der Waals surface area contributed by atoms with Gasteiger partial charge in [0.2, 0.25) is 0 Å². The number of rotatable bonds is 7. The second-order valence-electron chi connectivity index (χ2n) is 12.9. The first-order valence-electron chi connectivity index (χ1n) is 14.8. The molecule has 3 saturated carbocycles. The highest BCUT2D eigenvalue weighted by molar-refractivity contribution is 5.96. The van der Waals surface area contributed by atoms with Crippen LogP contribution in [0.3, 0.4) is 0 Å². The number of benzene rings is 1. The van der Waals surface area contributed by atoms with Gasteiger partial charge in [-0.25, -0.2) is 4.79 Å². The van der Waals surface area contributed by atoms with Gasteiger partial charge in [-0.3, -0.25) is 4.79 Å². The Morgan fingerprint density at radius 1 is 1.12 bits per heavy atom. The molecule has 3 N–H and O–H groups in total. The first-order chi connectivity index (χ1) is 19.5. The van der Waals surface area contributed by atoms with E-state index in [9.17, 15) is 19.8 Å². The molecule has 1 amide bonds. The van der Waals surface area contributed by atoms with Gasteiger partial charge in [-0.1, -0.05) is 42.6 Å². The monoisotopic (exact) mass is 562 g/mol. The Morgan fingerprint density at radius 2 is 1.85 bits per heavy atom. The standard InChI is InChI=1S/C33H42N2O6/c1-5-33(39)17-14-27-25-11-8-22-19-23(12-15-31(22,2)26(25)13-16-32(27,33)3)35-41-20-29(37)34-28(30(38)40-4)18-21-6-9-24(36)10-7-21/h1,6-7,9-10,19,25-28,36,39H,8,11-18,20H2,2-4H3,(H,34,37)/b35-23+/t25-,26-,27-,28-,31+,32+,33-/m1/s1. The second kappa shape index (κ2) is 11.2. The molecule has 220 valence electrons. The Hall–Kier alpha value is -3.31. The van der Waals surface area contributed by atoms with E-state index in [1.54, 1.807) is 12.1 Å². The molecule has 0 aliphatic heterocycles. The predicted molar refractivity (Wildman–Crippen MR) is 155 cm³/mol. The molecule has 0 spiro atoms. The number of amides is 1. The number of hydrogen-bond acceptors (Lipinski definition) is 7. The maximum atomic E-state index is 12.6. The summed E-state index contributed by atoms with van der Waals surface area (Å²) in [5.41, 5.74) is 1.92. The molecule has 3 fully saturated rings. The number of fused-ring (bicyclic) bond motifs is 5. The number of hydrogen-bond donors (Lipinski definition) is 3. The van der Waals surface area contributed by atoms with Gasteiger partial charge in [-0.2, -0.15) is 0 Å². The van der Waals surface area contributed by atoms with E-state index in [-0.39, 0.29) is 29.6 Å². The number of allylic oxidation sites excluding steroid dienone is 2. The molecular weight excluding hydrogens is 520 g/mol. The van der Waals surface area contributed by atoms with Crippen LogP contribution in [0.1, 0.15) is 70.8 Å². The fraction of sp³-hybridized carbons (Fsp3) is 0.606. The SMILES string of the molecule is C#C[C@@]1(O)CC[C@@H]2[C@@H]3CCC4=C/C(=N/OCC(=O)N[C@H](Cc5ccc(O)cc5)C(=O)OC)CC[C@]4(C)[C@@H]3CC[C@@]21C. The Kier molecular flexibility index (Phi) is 7.95. The molecule has 0 radical (unpaired) electrons. The molecule has 7 atom stereocenters. The first kappa shape index (κ1) is 29.2. The smallest absolute Gasteiger partial charge is 0.328 e. The van der Waals surface area contributed by atoms with E-state index in [0.717, 1.165) is 56.2 Å². The highest BCUT2D eigenvalue weighted by Gasteiger charge is 2.63. The number of ether oxygens (including phenoxy) is 1. The van der Waals surface area contributed by atoms with Crippen molar-refractivity contribution in [2.45, 2.75) is 83.3 Å². The van der Waals surface area contributed by atoms with Gasteiger partial charge in [-0.05, 0) is 98.3 Å². The fourth-order valence-corrected chi connectivity index (χ4v) is 8.51. The summed E-state index contributed by atoms with van der Waals surface area (Å²) in [6.45, 7) is 4.30. The minimum absolute atomic E-state index is 0.0967. The molecule has 0 aromatic heterocycles. The van der Waals surface area contributed by atoms with Crippen molar-refractivity contribution in [2.75, 3.05) is 13.7 Å². The Morgan fingerprint density at radius 3 is 2.56 bits per heavy atom. The van der Waals surface area contributed by atoms with E-state index >= 15 is 0 Å². The van der Waals surface area contributed by atoms with Crippen molar-refractivity contribution in [2.24, 2.45) is 33.7 Å². The van der Waals surface area contributed by atoms with E-state index in [1.165, 1.54) is 24.8 Å². The Balaban J connectivity index is 1.20. The van der Waals surface area contributed by atoms with Crippen LogP contribution in [0.15, 0.2) is 41.1 Å². The lowest BCUT2D eigenvalue weighted by Gasteiger charge is -2.58. The van der Waals surface area contributed by atoms with Gasteiger partial charge < -0.3 is 25.1 Å². The van der Waals surface area contributed by atoms with Crippen LogP contribution < -0.4 is 5.32 Å². The van der Waals surface area contributed by atoms with Crippen LogP contribution in [0.5, 0.6) is 5.75 Å². The number of esters is 1. The number of nitrogens with zero attached hydrogens (tertiary/aromatic N) is 1. The molecule has 1 aromatic rings. The number of terminal acetylenes is 1. The lowest BCUT2D eigenvalue weighted by molar-refractivity contribution is -0.145. The number of methoxy groups -OCH3 is 1. The predicted octanol–water partition coefficient (Wildman–Crippen LogP) is 4.29. The van der Waals surface area contributed by atoms with Gasteiger partial charge in [-0.15, -0.1) is 6.42 Å². The third-order valence-corrected chi connectivity index (χ3v) is 10.9. The normalized spacial score (nSPS) is 35.6. The van der Waals surface area contributed by atoms with Crippen LogP contribution in [0.4, 0.5) is 0 Å². The number of oxime groups is 1. The summed E-state index contributed by atoms with van der Waals surface area (Å²) >= 11 is 0. The van der Waals surface area contributed by atoms with Crippen LogP contribution >= 0.6 is 0 Å². The molecule has 41 heavy (non-hydrogen) atoms. The Bertz CT molecular complexity index is 1280. The summed E-state index contributed by atoms with van der Waals surface area (Å²) in [5, 5.41) is 27.7. The van der Waals surface area contributed by atoms with Crippen LogP contribution in [-0.2, 0) is 25.6 Å². The molecule has 0 saturated heterocycles. The molecule has 0 unspecified atom stereocenters. The van der Waals surface area contributed by atoms with Crippen molar-refractivity contribution in [3.8, 4) is 18.1 Å². The van der Waals surface area contributed by atoms with Crippen LogP contribution in [0.25, 0.3) is 0 Å². The number of phenolic OH excluding ortho intramolecular Hbond substituents is 1. The molecule has 8 nitrogen and oxygen atoms in total. The quantitative estimate of drug-likeness (QED) is 0.259. The van der Waals surface area contributed by atoms with E-state index in [0.29, 0.717) is 24.2 Å². The summed E-state index contributed by atoms with van der Waals surface area (Å²) in [6, 6.07) is 5.55. The minimum atomic E-state index is -0.988. The zero-order valence-corrected chi connectivity index (χ0v) is 24.3. The summed E-state index contributed by atoms with van der Waals surface area (Å²) in [7, 11) is 1.27. The molecule has 1 aromatic carbocycles. The summed E-state index contributed by atoms with van der Waals surface area (Å²) in [4.78, 5) is 30.3. The maximum absolute atomic E-state index is 12.6. The molecular formula is C33H42N2O6. The van der Waals surface area contributed by atoms with Gasteiger partial charge in [0, 0.05) is 11.8 Å². The number of phenols is 1. The number of carbonyl (C=O) groups is 2. The third kappa shape index (κ3) is 5.25. The molecule has 8 heteroatoms. The topological polar surface area (TPSA) is 117 Å². The van der Waals surface area contributed by atoms with Crippen LogP contribution in [0.2, 0.25) is 0 Å². The third-order valence-electron chi connectivity index (χ3n) is 10.9. The zero-order valence-electron chi connectivity index (χ0n) is 24.3. The van der Waals surface area contributed by atoms with E-state index in [1.807, 2.05) is 0 Å². The van der Waals surface area contributed by atoms with Crippen LogP contribution in [-0.4, -0.2) is 53.2 Å². The van der Waals surface area contributed by atoms with Crippen molar-refractivity contribution in [3.05, 3.63) is 41.5 Å². The molecule has 5 rings (SSSR count). The van der Waals surface area contributed by atoms with Gasteiger partial charge in [0.25, 0.3) is 5.91 Å². The summed E-state index contributed by atoms with van der Waals surface area (Å²) < 4.78 is 4.85. The van der Waals surface area contributed by atoms with Gasteiger partial charge in [0.1, 0.15) is 17.4 Å². The number of aromatic hydroxyl groups is 1. The van der Waals surface area contributed by atoms with Crippen LogP contribution in [0, 0.1) is 40.9 Å². The lowest BCUT2D eigenvalue weighted by atomic mass is 9.46. The van der Waals surface area contributed by atoms with Gasteiger partial charge in [0.05, 0.1) is 12.8 Å². The second-order valence-corrected chi connectivity index (χ2v) is 12.9. The minimum Gasteiger partial charge on any atom is -0.508 e. The number of carbonyl (C=O) groups excluding carboxylic acids is 2.